The van der Waals surface area contributed by atoms with Crippen LogP contribution in [0.3, 0.4) is 0 Å². The second-order valence-electron chi connectivity index (χ2n) is 6.34. The molecule has 4 heteroatoms. The van der Waals surface area contributed by atoms with Crippen LogP contribution in [0, 0.1) is 11.8 Å². The average molecular weight is 249 g/mol. The normalized spacial score (nSPS) is 46.3. The summed E-state index contributed by atoms with van der Waals surface area (Å²) in [6.45, 7) is 5.75. The van der Waals surface area contributed by atoms with Crippen molar-refractivity contribution in [3.63, 3.8) is 0 Å². The Morgan fingerprint density at radius 2 is 2.00 bits per heavy atom. The molecule has 0 aliphatic carbocycles. The van der Waals surface area contributed by atoms with E-state index in [0.29, 0.717) is 6.10 Å². The van der Waals surface area contributed by atoms with Gasteiger partial charge in [0, 0.05) is 25.0 Å². The summed E-state index contributed by atoms with van der Waals surface area (Å²) in [7, 11) is 0. The molecule has 3 saturated heterocycles. The van der Waals surface area contributed by atoms with Crippen LogP contribution >= 0.6 is 0 Å². The summed E-state index contributed by atoms with van der Waals surface area (Å²) in [4.78, 5) is 8.35. The standard InChI is InChI=1S/C14H23N3O/c1-2-9-5-10(18-16-9)8-17-13-3-4-14(17)12-7-15-6-11(12)13/h10-15H,2-8H2,1H3/t10?,11-,12+,13-,14+. The summed E-state index contributed by atoms with van der Waals surface area (Å²) in [6.07, 6.45) is 5.23. The van der Waals surface area contributed by atoms with E-state index in [2.05, 4.69) is 22.3 Å². The molecule has 0 radical (unpaired) electrons. The van der Waals surface area contributed by atoms with Crippen molar-refractivity contribution in [2.75, 3.05) is 19.6 Å². The lowest BCUT2D eigenvalue weighted by Gasteiger charge is -2.26. The van der Waals surface area contributed by atoms with Crippen molar-refractivity contribution in [1.29, 1.82) is 0 Å². The van der Waals surface area contributed by atoms with Crippen LogP contribution in [-0.4, -0.2) is 48.4 Å². The highest BCUT2D eigenvalue weighted by Gasteiger charge is 2.54. The molecule has 0 aromatic heterocycles. The molecule has 0 spiro atoms. The Balaban J connectivity index is 1.42. The molecule has 4 heterocycles. The molecule has 4 rings (SSSR count). The number of hydrogen-bond acceptors (Lipinski definition) is 4. The average Bonchev–Trinajstić information content (AvgIpc) is 3.10. The summed E-state index contributed by atoms with van der Waals surface area (Å²) in [5.74, 6) is 1.83. The van der Waals surface area contributed by atoms with Gasteiger partial charge in [0.05, 0.1) is 5.71 Å². The van der Waals surface area contributed by atoms with Crippen molar-refractivity contribution in [2.45, 2.75) is 50.8 Å². The van der Waals surface area contributed by atoms with Crippen LogP contribution in [0.1, 0.15) is 32.6 Å². The van der Waals surface area contributed by atoms with E-state index in [-0.39, 0.29) is 0 Å². The lowest BCUT2D eigenvalue weighted by atomic mass is 9.82. The van der Waals surface area contributed by atoms with Crippen LogP contribution in [0.4, 0.5) is 0 Å². The van der Waals surface area contributed by atoms with Crippen LogP contribution in [-0.2, 0) is 4.84 Å². The largest absolute Gasteiger partial charge is 0.391 e. The highest BCUT2D eigenvalue weighted by molar-refractivity contribution is 5.85. The molecule has 0 aromatic rings. The van der Waals surface area contributed by atoms with Crippen LogP contribution in [0.5, 0.6) is 0 Å². The molecule has 100 valence electrons. The molecule has 1 N–H and O–H groups in total. The van der Waals surface area contributed by atoms with Crippen LogP contribution in [0.25, 0.3) is 0 Å². The smallest absolute Gasteiger partial charge is 0.145 e. The van der Waals surface area contributed by atoms with Crippen molar-refractivity contribution in [3.05, 3.63) is 0 Å². The SMILES string of the molecule is CCC1=NOC(CN2[C@@H]3CC[C@H]2[C@H]2CNC[C@H]23)C1. The Labute approximate surface area is 109 Å². The van der Waals surface area contributed by atoms with Gasteiger partial charge in [-0.2, -0.15) is 0 Å². The zero-order valence-corrected chi connectivity index (χ0v) is 11.1. The minimum Gasteiger partial charge on any atom is -0.391 e. The van der Waals surface area contributed by atoms with Gasteiger partial charge in [0.25, 0.3) is 0 Å². The first-order valence-electron chi connectivity index (χ1n) is 7.55. The second-order valence-corrected chi connectivity index (χ2v) is 6.34. The van der Waals surface area contributed by atoms with E-state index >= 15 is 0 Å². The number of rotatable bonds is 3. The maximum Gasteiger partial charge on any atom is 0.145 e. The van der Waals surface area contributed by atoms with Crippen molar-refractivity contribution in [1.82, 2.24) is 10.2 Å². The highest BCUT2D eigenvalue weighted by Crippen LogP contribution is 2.47. The van der Waals surface area contributed by atoms with E-state index < -0.39 is 0 Å². The minimum atomic E-state index is 0.329. The molecule has 0 amide bonds. The summed E-state index contributed by atoms with van der Waals surface area (Å²) in [5, 5.41) is 7.77. The Bertz CT molecular complexity index is 352. The summed E-state index contributed by atoms with van der Waals surface area (Å²) in [6, 6.07) is 1.65. The molecule has 4 nitrogen and oxygen atoms in total. The van der Waals surface area contributed by atoms with Gasteiger partial charge in [-0.05, 0) is 44.2 Å². The minimum absolute atomic E-state index is 0.329. The zero-order chi connectivity index (χ0) is 12.1. The zero-order valence-electron chi connectivity index (χ0n) is 11.1. The van der Waals surface area contributed by atoms with Gasteiger partial charge in [0.2, 0.25) is 0 Å². The molecule has 2 bridgehead atoms. The lowest BCUT2D eigenvalue weighted by Crippen LogP contribution is -2.39. The summed E-state index contributed by atoms with van der Waals surface area (Å²) < 4.78 is 0. The first kappa shape index (κ1) is 11.2. The Kier molecular flexibility index (Phi) is 2.62. The number of nitrogens with zero attached hydrogens (tertiary/aromatic N) is 2. The van der Waals surface area contributed by atoms with Gasteiger partial charge in [-0.3, -0.25) is 4.90 Å². The predicted octanol–water partition coefficient (Wildman–Crippen LogP) is 1.22. The van der Waals surface area contributed by atoms with Crippen LogP contribution < -0.4 is 5.32 Å². The van der Waals surface area contributed by atoms with E-state index in [1.54, 1.807) is 0 Å². The van der Waals surface area contributed by atoms with Gasteiger partial charge >= 0.3 is 0 Å². The monoisotopic (exact) mass is 249 g/mol. The van der Waals surface area contributed by atoms with Crippen molar-refractivity contribution >= 4 is 5.71 Å². The number of nitrogens with one attached hydrogen (secondary N) is 1. The van der Waals surface area contributed by atoms with Gasteiger partial charge in [-0.25, -0.2) is 0 Å². The molecular weight excluding hydrogens is 226 g/mol. The van der Waals surface area contributed by atoms with Crippen LogP contribution in [0.15, 0.2) is 5.16 Å². The molecular formula is C14H23N3O. The fourth-order valence-corrected chi connectivity index (χ4v) is 4.70. The van der Waals surface area contributed by atoms with Crippen LogP contribution in [0.2, 0.25) is 0 Å². The van der Waals surface area contributed by atoms with Crippen molar-refractivity contribution in [3.8, 4) is 0 Å². The maximum atomic E-state index is 5.60. The van der Waals surface area contributed by atoms with Gasteiger partial charge in [-0.15, -0.1) is 0 Å². The summed E-state index contributed by atoms with van der Waals surface area (Å²) in [5.41, 5.74) is 1.24. The van der Waals surface area contributed by atoms with Gasteiger partial charge in [0.1, 0.15) is 6.10 Å². The van der Waals surface area contributed by atoms with Gasteiger partial charge in [-0.1, -0.05) is 12.1 Å². The lowest BCUT2D eigenvalue weighted by molar-refractivity contribution is 0.0442. The molecule has 4 aliphatic heterocycles. The van der Waals surface area contributed by atoms with Gasteiger partial charge in [0.15, 0.2) is 0 Å². The second kappa shape index (κ2) is 4.20. The van der Waals surface area contributed by atoms with E-state index in [0.717, 1.165) is 43.3 Å². The topological polar surface area (TPSA) is 36.9 Å². The molecule has 5 atom stereocenters. The third kappa shape index (κ3) is 1.55. The first-order valence-corrected chi connectivity index (χ1v) is 7.55. The first-order chi connectivity index (χ1) is 8.86. The highest BCUT2D eigenvalue weighted by atomic mass is 16.6. The molecule has 3 fully saturated rings. The third-order valence-corrected chi connectivity index (χ3v) is 5.53. The van der Waals surface area contributed by atoms with Crippen molar-refractivity contribution in [2.24, 2.45) is 17.0 Å². The number of fused-ring (bicyclic) bond motifs is 5. The van der Waals surface area contributed by atoms with E-state index in [1.807, 2.05) is 0 Å². The fourth-order valence-electron chi connectivity index (χ4n) is 4.70. The Morgan fingerprint density at radius 3 is 2.61 bits per heavy atom. The molecule has 0 aromatic carbocycles. The predicted molar refractivity (Wildman–Crippen MR) is 70.6 cm³/mol. The molecule has 4 aliphatic rings. The maximum absolute atomic E-state index is 5.60. The third-order valence-electron chi connectivity index (χ3n) is 5.53. The van der Waals surface area contributed by atoms with E-state index in [4.69, 9.17) is 4.84 Å². The molecule has 0 saturated carbocycles. The van der Waals surface area contributed by atoms with Gasteiger partial charge < -0.3 is 10.2 Å². The number of hydrogen-bond donors (Lipinski definition) is 1. The van der Waals surface area contributed by atoms with E-state index in [1.165, 1.54) is 31.6 Å². The Hall–Kier alpha value is -0.610. The fraction of sp³-hybridized carbons (Fsp3) is 0.929. The van der Waals surface area contributed by atoms with E-state index in [9.17, 15) is 0 Å². The molecule has 1 unspecified atom stereocenters. The van der Waals surface area contributed by atoms with Crippen molar-refractivity contribution < 1.29 is 4.84 Å². The quantitative estimate of drug-likeness (QED) is 0.817. The number of oxime groups is 1. The Morgan fingerprint density at radius 1 is 1.28 bits per heavy atom. The molecule has 18 heavy (non-hydrogen) atoms. The summed E-state index contributed by atoms with van der Waals surface area (Å²) >= 11 is 0.